The molecule has 2 amide bonds. The van der Waals surface area contributed by atoms with Crippen molar-refractivity contribution in [3.8, 4) is 0 Å². The first-order chi connectivity index (χ1) is 9.68. The number of pyridine rings is 1. The van der Waals surface area contributed by atoms with Gasteiger partial charge in [-0.3, -0.25) is 14.6 Å². The van der Waals surface area contributed by atoms with Gasteiger partial charge < -0.3 is 9.80 Å². The number of aromatic nitrogens is 1. The van der Waals surface area contributed by atoms with Crippen LogP contribution in [0.3, 0.4) is 0 Å². The predicted molar refractivity (Wildman–Crippen MR) is 73.7 cm³/mol. The quantitative estimate of drug-likeness (QED) is 0.817. The third-order valence-corrected chi connectivity index (χ3v) is 4.28. The maximum absolute atomic E-state index is 12.6. The number of hydrogen-bond donors (Lipinski definition) is 0. The fourth-order valence-corrected chi connectivity index (χ4v) is 3.10. The molecule has 0 aliphatic carbocycles. The van der Waals surface area contributed by atoms with Gasteiger partial charge in [0.15, 0.2) is 0 Å². The average Bonchev–Trinajstić information content (AvgIpc) is 2.51. The summed E-state index contributed by atoms with van der Waals surface area (Å²) in [5, 5.41) is 0. The second-order valence-corrected chi connectivity index (χ2v) is 5.50. The number of fused-ring (bicyclic) bond motifs is 1. The Morgan fingerprint density at radius 1 is 1.30 bits per heavy atom. The molecule has 3 rings (SSSR count). The molecule has 3 heterocycles. The van der Waals surface area contributed by atoms with E-state index in [1.807, 2.05) is 25.1 Å². The van der Waals surface area contributed by atoms with Crippen molar-refractivity contribution >= 4 is 11.8 Å². The number of piperazine rings is 1. The van der Waals surface area contributed by atoms with Gasteiger partial charge in [0.2, 0.25) is 11.8 Å². The zero-order valence-corrected chi connectivity index (χ0v) is 11.7. The number of piperidine rings is 1. The highest BCUT2D eigenvalue weighted by Crippen LogP contribution is 2.28. The molecule has 0 bridgehead atoms. The van der Waals surface area contributed by atoms with Crippen molar-refractivity contribution in [2.24, 2.45) is 0 Å². The van der Waals surface area contributed by atoms with Gasteiger partial charge in [-0.2, -0.15) is 0 Å². The standard InChI is InChI=1S/C15H19N3O2/c1-11(12-6-2-4-8-16-12)18-10-14(19)17-9-5-3-7-13(17)15(18)20/h2,4,6,8,11,13H,3,5,7,9-10H2,1H3. The van der Waals surface area contributed by atoms with Crippen LogP contribution in [0.4, 0.5) is 0 Å². The summed E-state index contributed by atoms with van der Waals surface area (Å²) in [6.07, 6.45) is 4.53. The molecule has 1 aromatic rings. The highest BCUT2D eigenvalue weighted by atomic mass is 16.2. The van der Waals surface area contributed by atoms with Gasteiger partial charge in [0, 0.05) is 12.7 Å². The molecule has 106 valence electrons. The second-order valence-electron chi connectivity index (χ2n) is 5.50. The Morgan fingerprint density at radius 2 is 2.15 bits per heavy atom. The average molecular weight is 273 g/mol. The fourth-order valence-electron chi connectivity index (χ4n) is 3.10. The van der Waals surface area contributed by atoms with Crippen molar-refractivity contribution in [1.82, 2.24) is 14.8 Å². The molecule has 2 saturated heterocycles. The van der Waals surface area contributed by atoms with Gasteiger partial charge in [-0.1, -0.05) is 6.07 Å². The highest BCUT2D eigenvalue weighted by molar-refractivity contribution is 5.95. The molecule has 0 radical (unpaired) electrons. The van der Waals surface area contributed by atoms with Gasteiger partial charge in [0.25, 0.3) is 0 Å². The normalized spacial score (nSPS) is 24.6. The van der Waals surface area contributed by atoms with Crippen LogP contribution >= 0.6 is 0 Å². The minimum absolute atomic E-state index is 0.0667. The molecule has 1 aromatic heterocycles. The monoisotopic (exact) mass is 273 g/mol. The van der Waals surface area contributed by atoms with Crippen molar-refractivity contribution < 1.29 is 9.59 Å². The molecule has 0 spiro atoms. The van der Waals surface area contributed by atoms with Crippen LogP contribution in [0, 0.1) is 0 Å². The largest absolute Gasteiger partial charge is 0.329 e. The van der Waals surface area contributed by atoms with E-state index in [0.29, 0.717) is 0 Å². The van der Waals surface area contributed by atoms with E-state index in [-0.39, 0.29) is 30.4 Å². The molecule has 2 fully saturated rings. The van der Waals surface area contributed by atoms with Crippen LogP contribution in [0.2, 0.25) is 0 Å². The van der Waals surface area contributed by atoms with E-state index in [2.05, 4.69) is 4.98 Å². The van der Waals surface area contributed by atoms with Crippen LogP contribution in [-0.2, 0) is 9.59 Å². The van der Waals surface area contributed by atoms with E-state index in [0.717, 1.165) is 31.5 Å². The lowest BCUT2D eigenvalue weighted by Gasteiger charge is -2.44. The molecule has 0 aromatic carbocycles. The summed E-state index contributed by atoms with van der Waals surface area (Å²) in [7, 11) is 0. The van der Waals surface area contributed by atoms with E-state index < -0.39 is 0 Å². The molecular formula is C15H19N3O2. The first-order valence-corrected chi connectivity index (χ1v) is 7.19. The lowest BCUT2D eigenvalue weighted by Crippen LogP contribution is -2.61. The van der Waals surface area contributed by atoms with Crippen LogP contribution in [-0.4, -0.2) is 45.7 Å². The van der Waals surface area contributed by atoms with Crippen LogP contribution in [0.25, 0.3) is 0 Å². The molecular weight excluding hydrogens is 254 g/mol. The minimum atomic E-state index is -0.254. The maximum atomic E-state index is 12.6. The minimum Gasteiger partial charge on any atom is -0.329 e. The van der Waals surface area contributed by atoms with E-state index in [9.17, 15) is 9.59 Å². The Hall–Kier alpha value is -1.91. The SMILES string of the molecule is CC(c1ccccn1)N1CC(=O)N2CCCCC2C1=O. The van der Waals surface area contributed by atoms with E-state index in [1.165, 1.54) is 0 Å². The Morgan fingerprint density at radius 3 is 2.90 bits per heavy atom. The first kappa shape index (κ1) is 13.1. The van der Waals surface area contributed by atoms with Crippen molar-refractivity contribution in [1.29, 1.82) is 0 Å². The van der Waals surface area contributed by atoms with Gasteiger partial charge in [0.05, 0.1) is 11.7 Å². The first-order valence-electron chi connectivity index (χ1n) is 7.19. The molecule has 2 unspecified atom stereocenters. The molecule has 2 atom stereocenters. The third kappa shape index (κ3) is 2.17. The molecule has 2 aliphatic heterocycles. The number of nitrogens with zero attached hydrogens (tertiary/aromatic N) is 3. The Kier molecular flexibility index (Phi) is 3.42. The van der Waals surface area contributed by atoms with E-state index in [4.69, 9.17) is 0 Å². The number of carbonyl (C=O) groups is 2. The molecule has 20 heavy (non-hydrogen) atoms. The summed E-state index contributed by atoms with van der Waals surface area (Å²) in [4.78, 5) is 32.6. The zero-order valence-electron chi connectivity index (χ0n) is 11.7. The van der Waals surface area contributed by atoms with Crippen LogP contribution in [0.15, 0.2) is 24.4 Å². The summed E-state index contributed by atoms with van der Waals surface area (Å²) in [5.74, 6) is 0.138. The van der Waals surface area contributed by atoms with Gasteiger partial charge >= 0.3 is 0 Å². The zero-order chi connectivity index (χ0) is 14.1. The Bertz CT molecular complexity index is 517. The highest BCUT2D eigenvalue weighted by Gasteiger charge is 2.42. The fraction of sp³-hybridized carbons (Fsp3) is 0.533. The summed E-state index contributed by atoms with van der Waals surface area (Å²) in [6.45, 7) is 2.83. The number of rotatable bonds is 2. The van der Waals surface area contributed by atoms with Crippen LogP contribution < -0.4 is 0 Å². The van der Waals surface area contributed by atoms with Crippen molar-refractivity contribution in [3.63, 3.8) is 0 Å². The van der Waals surface area contributed by atoms with E-state index in [1.54, 1.807) is 16.0 Å². The molecule has 5 heteroatoms. The summed E-state index contributed by atoms with van der Waals surface area (Å²) in [5.41, 5.74) is 0.831. The molecule has 5 nitrogen and oxygen atoms in total. The molecule has 0 N–H and O–H groups in total. The Labute approximate surface area is 118 Å². The topological polar surface area (TPSA) is 53.5 Å². The maximum Gasteiger partial charge on any atom is 0.246 e. The lowest BCUT2D eigenvalue weighted by molar-refractivity contribution is -0.160. The third-order valence-electron chi connectivity index (χ3n) is 4.28. The van der Waals surface area contributed by atoms with Crippen molar-refractivity contribution in [2.45, 2.75) is 38.3 Å². The van der Waals surface area contributed by atoms with Gasteiger partial charge in [-0.25, -0.2) is 0 Å². The number of carbonyl (C=O) groups excluding carboxylic acids is 2. The van der Waals surface area contributed by atoms with Crippen molar-refractivity contribution in [2.75, 3.05) is 13.1 Å². The second kappa shape index (κ2) is 5.23. The molecule has 0 saturated carbocycles. The number of hydrogen-bond acceptors (Lipinski definition) is 3. The number of amides is 2. The summed E-state index contributed by atoms with van der Waals surface area (Å²) in [6, 6.07) is 5.24. The van der Waals surface area contributed by atoms with Crippen LogP contribution in [0.1, 0.15) is 37.9 Å². The van der Waals surface area contributed by atoms with Gasteiger partial charge in [-0.15, -0.1) is 0 Å². The van der Waals surface area contributed by atoms with Gasteiger partial charge in [-0.05, 0) is 38.3 Å². The molecule has 2 aliphatic rings. The summed E-state index contributed by atoms with van der Waals surface area (Å²) >= 11 is 0. The summed E-state index contributed by atoms with van der Waals surface area (Å²) < 4.78 is 0. The Balaban J connectivity index is 1.83. The predicted octanol–water partition coefficient (Wildman–Crippen LogP) is 1.37. The van der Waals surface area contributed by atoms with Crippen molar-refractivity contribution in [3.05, 3.63) is 30.1 Å². The van der Waals surface area contributed by atoms with E-state index >= 15 is 0 Å². The lowest BCUT2D eigenvalue weighted by atomic mass is 9.97. The van der Waals surface area contributed by atoms with Gasteiger partial charge in [0.1, 0.15) is 12.6 Å². The smallest absolute Gasteiger partial charge is 0.246 e. The van der Waals surface area contributed by atoms with Crippen LogP contribution in [0.5, 0.6) is 0 Å².